The first kappa shape index (κ1) is 19.2. The van der Waals surface area contributed by atoms with Gasteiger partial charge < -0.3 is 10.6 Å². The van der Waals surface area contributed by atoms with Gasteiger partial charge >= 0.3 is 0 Å². The molecule has 0 spiro atoms. The van der Waals surface area contributed by atoms with Gasteiger partial charge in [-0.2, -0.15) is 0 Å². The lowest BCUT2D eigenvalue weighted by Gasteiger charge is -2.37. The second kappa shape index (κ2) is 8.85. The van der Waals surface area contributed by atoms with E-state index in [9.17, 15) is 9.18 Å². The van der Waals surface area contributed by atoms with Gasteiger partial charge in [-0.15, -0.1) is 0 Å². The normalized spacial score (nSPS) is 25.8. The molecule has 3 rings (SSSR count). The molecule has 1 aliphatic carbocycles. The van der Waals surface area contributed by atoms with E-state index in [4.69, 9.17) is 5.73 Å². The van der Waals surface area contributed by atoms with Gasteiger partial charge in [-0.1, -0.05) is 31.9 Å². The number of carbonyl (C=O) groups excluding carboxylic acids is 1. The highest BCUT2D eigenvalue weighted by molar-refractivity contribution is 5.76. The number of rotatable bonds is 6. The Kier molecular flexibility index (Phi) is 6.52. The highest BCUT2D eigenvalue weighted by Gasteiger charge is 2.28. The summed E-state index contributed by atoms with van der Waals surface area (Å²) in [5, 5.41) is 0. The molecule has 2 aliphatic rings. The summed E-state index contributed by atoms with van der Waals surface area (Å²) in [5.41, 5.74) is 6.18. The van der Waals surface area contributed by atoms with Gasteiger partial charge in [-0.05, 0) is 49.8 Å². The summed E-state index contributed by atoms with van der Waals surface area (Å²) in [6.45, 7) is 6.90. The van der Waals surface area contributed by atoms with Crippen LogP contribution in [-0.2, 0) is 4.79 Å². The van der Waals surface area contributed by atoms with E-state index in [1.54, 1.807) is 6.07 Å². The minimum atomic E-state index is -0.152. The lowest BCUT2D eigenvalue weighted by atomic mass is 9.75. The van der Waals surface area contributed by atoms with E-state index >= 15 is 0 Å². The summed E-state index contributed by atoms with van der Waals surface area (Å²) in [4.78, 5) is 16.0. The molecule has 1 saturated carbocycles. The first-order valence-electron chi connectivity index (χ1n) is 10.1. The van der Waals surface area contributed by atoms with Crippen molar-refractivity contribution in [2.24, 2.45) is 23.5 Å². The Labute approximate surface area is 156 Å². The number of piperazine rings is 1. The zero-order valence-electron chi connectivity index (χ0n) is 15.9. The van der Waals surface area contributed by atoms with Crippen molar-refractivity contribution in [1.29, 1.82) is 0 Å². The molecule has 4 nitrogen and oxygen atoms in total. The second-order valence-corrected chi connectivity index (χ2v) is 8.04. The molecule has 0 radical (unpaired) electrons. The number of hydrogen-bond acceptors (Lipinski definition) is 3. The zero-order valence-corrected chi connectivity index (χ0v) is 15.9. The predicted molar refractivity (Wildman–Crippen MR) is 103 cm³/mol. The number of anilines is 1. The van der Waals surface area contributed by atoms with Crippen molar-refractivity contribution < 1.29 is 9.18 Å². The van der Waals surface area contributed by atoms with E-state index in [1.807, 2.05) is 19.1 Å². The molecular formula is C21H32FN3O. The maximum atomic E-state index is 13.9. The number of carbonyl (C=O) groups is 1. The number of nitrogens with two attached hydrogens (primary N) is 1. The quantitative estimate of drug-likeness (QED) is 0.846. The average molecular weight is 362 g/mol. The predicted octanol–water partition coefficient (Wildman–Crippen LogP) is 3.27. The third-order valence-corrected chi connectivity index (χ3v) is 6.47. The number of para-hydroxylation sites is 1. The molecule has 1 aliphatic heterocycles. The number of hydrogen-bond donors (Lipinski definition) is 1. The Bertz CT molecular complexity index is 593. The van der Waals surface area contributed by atoms with Gasteiger partial charge in [0, 0.05) is 32.1 Å². The highest BCUT2D eigenvalue weighted by Crippen LogP contribution is 2.35. The molecule has 144 valence electrons. The Morgan fingerprint density at radius 1 is 1.15 bits per heavy atom. The van der Waals surface area contributed by atoms with Crippen molar-refractivity contribution in [3.63, 3.8) is 0 Å². The van der Waals surface area contributed by atoms with Gasteiger partial charge in [0.25, 0.3) is 0 Å². The summed E-state index contributed by atoms with van der Waals surface area (Å²) in [5.74, 6) is 0.996. The molecule has 1 amide bonds. The topological polar surface area (TPSA) is 49.6 Å². The number of halogens is 1. The van der Waals surface area contributed by atoms with Crippen LogP contribution in [0.1, 0.15) is 39.0 Å². The lowest BCUT2D eigenvalue weighted by molar-refractivity contribution is -0.123. The Morgan fingerprint density at radius 2 is 1.81 bits per heavy atom. The molecule has 1 saturated heterocycles. The van der Waals surface area contributed by atoms with Crippen molar-refractivity contribution in [3.8, 4) is 0 Å². The van der Waals surface area contributed by atoms with Crippen molar-refractivity contribution in [3.05, 3.63) is 30.1 Å². The number of nitrogens with zero attached hydrogens (tertiary/aromatic N) is 2. The van der Waals surface area contributed by atoms with Crippen LogP contribution in [-0.4, -0.2) is 43.5 Å². The van der Waals surface area contributed by atoms with Crippen LogP contribution in [0.25, 0.3) is 0 Å². The van der Waals surface area contributed by atoms with Crippen molar-refractivity contribution >= 4 is 11.6 Å². The summed E-state index contributed by atoms with van der Waals surface area (Å²) in [7, 11) is 0. The van der Waals surface area contributed by atoms with Crippen LogP contribution in [0.2, 0.25) is 0 Å². The van der Waals surface area contributed by atoms with Crippen LogP contribution < -0.4 is 10.6 Å². The first-order valence-corrected chi connectivity index (χ1v) is 10.1. The molecule has 2 fully saturated rings. The van der Waals surface area contributed by atoms with E-state index in [-0.39, 0.29) is 17.6 Å². The van der Waals surface area contributed by atoms with Gasteiger partial charge in [-0.3, -0.25) is 9.69 Å². The van der Waals surface area contributed by atoms with E-state index in [1.165, 1.54) is 25.3 Å². The molecule has 5 heteroatoms. The number of amides is 1. The van der Waals surface area contributed by atoms with Crippen LogP contribution >= 0.6 is 0 Å². The average Bonchev–Trinajstić information content (AvgIpc) is 2.67. The van der Waals surface area contributed by atoms with Crippen molar-refractivity contribution in [2.45, 2.75) is 39.0 Å². The van der Waals surface area contributed by atoms with E-state index in [0.29, 0.717) is 5.92 Å². The Hall–Kier alpha value is -1.62. The fraction of sp³-hybridized carbons (Fsp3) is 0.667. The fourth-order valence-electron chi connectivity index (χ4n) is 4.49. The summed E-state index contributed by atoms with van der Waals surface area (Å²) < 4.78 is 13.9. The maximum Gasteiger partial charge on any atom is 0.220 e. The molecular weight excluding hydrogens is 329 g/mol. The monoisotopic (exact) mass is 361 g/mol. The zero-order chi connectivity index (χ0) is 18.5. The maximum absolute atomic E-state index is 13.9. The Morgan fingerprint density at radius 3 is 2.42 bits per heavy atom. The number of benzene rings is 1. The molecule has 1 unspecified atom stereocenters. The molecule has 0 aromatic heterocycles. The van der Waals surface area contributed by atoms with Crippen LogP contribution in [0.4, 0.5) is 10.1 Å². The third-order valence-electron chi connectivity index (χ3n) is 6.47. The second-order valence-electron chi connectivity index (χ2n) is 8.04. The minimum absolute atomic E-state index is 0.0161. The lowest BCUT2D eigenvalue weighted by Crippen LogP contribution is -2.47. The molecule has 1 heterocycles. The smallest absolute Gasteiger partial charge is 0.220 e. The van der Waals surface area contributed by atoms with Crippen LogP contribution in [0.5, 0.6) is 0 Å². The van der Waals surface area contributed by atoms with Crippen LogP contribution in [0.15, 0.2) is 24.3 Å². The molecule has 1 aromatic rings. The first-order chi connectivity index (χ1) is 12.5. The van der Waals surface area contributed by atoms with Gasteiger partial charge in [0.05, 0.1) is 5.69 Å². The summed E-state index contributed by atoms with van der Waals surface area (Å²) in [6.07, 6.45) is 5.94. The van der Waals surface area contributed by atoms with E-state index in [0.717, 1.165) is 57.2 Å². The fourth-order valence-corrected chi connectivity index (χ4v) is 4.49. The van der Waals surface area contributed by atoms with E-state index in [2.05, 4.69) is 9.80 Å². The van der Waals surface area contributed by atoms with Gasteiger partial charge in [0.2, 0.25) is 5.91 Å². The molecule has 1 atom stereocenters. The van der Waals surface area contributed by atoms with Crippen molar-refractivity contribution in [1.82, 2.24) is 4.90 Å². The standard InChI is InChI=1S/C21H32FN3O/c1-16(21(23)26)18-8-6-17(7-9-18)10-11-24-12-14-25(15-13-24)20-5-3-2-4-19(20)22/h2-5,16-18H,6-15H2,1H3,(H2,23,26). The third kappa shape index (κ3) is 4.76. The SMILES string of the molecule is CC(C(N)=O)C1CCC(CCN2CCN(c3ccccc3F)CC2)CC1. The highest BCUT2D eigenvalue weighted by atomic mass is 19.1. The molecule has 0 bridgehead atoms. The van der Waals surface area contributed by atoms with E-state index < -0.39 is 0 Å². The summed E-state index contributed by atoms with van der Waals surface area (Å²) in [6, 6.07) is 7.06. The molecule has 2 N–H and O–H groups in total. The molecule has 26 heavy (non-hydrogen) atoms. The Balaban J connectivity index is 1.37. The largest absolute Gasteiger partial charge is 0.369 e. The van der Waals surface area contributed by atoms with Crippen LogP contribution in [0, 0.1) is 23.6 Å². The number of primary amides is 1. The van der Waals surface area contributed by atoms with Gasteiger partial charge in [0.15, 0.2) is 0 Å². The molecule has 1 aromatic carbocycles. The van der Waals surface area contributed by atoms with Crippen LogP contribution in [0.3, 0.4) is 0 Å². The van der Waals surface area contributed by atoms with Crippen molar-refractivity contribution in [2.75, 3.05) is 37.6 Å². The summed E-state index contributed by atoms with van der Waals surface area (Å²) >= 11 is 0. The minimum Gasteiger partial charge on any atom is -0.369 e. The van der Waals surface area contributed by atoms with Gasteiger partial charge in [-0.25, -0.2) is 4.39 Å². The van der Waals surface area contributed by atoms with Gasteiger partial charge in [0.1, 0.15) is 5.82 Å².